The van der Waals surface area contributed by atoms with E-state index in [0.29, 0.717) is 6.42 Å². The number of hydrogen-bond donors (Lipinski definition) is 1. The number of aryl methyl sites for hydroxylation is 2. The van der Waals surface area contributed by atoms with Gasteiger partial charge in [-0.3, -0.25) is 4.79 Å². The molecular formula is C17H25NO3. The van der Waals surface area contributed by atoms with Crippen LogP contribution in [0.3, 0.4) is 0 Å². The summed E-state index contributed by atoms with van der Waals surface area (Å²) in [5.41, 5.74) is 2.22. The molecule has 0 fully saturated rings. The highest BCUT2D eigenvalue weighted by molar-refractivity contribution is 5.88. The van der Waals surface area contributed by atoms with Crippen LogP contribution in [0.4, 0.5) is 0 Å². The fraction of sp³-hybridized carbons (Fsp3) is 0.529. The van der Waals surface area contributed by atoms with Crippen molar-refractivity contribution in [2.75, 3.05) is 7.11 Å². The topological polar surface area (TPSA) is 55.4 Å². The summed E-state index contributed by atoms with van der Waals surface area (Å²) in [6.07, 6.45) is 1.61. The summed E-state index contributed by atoms with van der Waals surface area (Å²) >= 11 is 0. The molecule has 0 spiro atoms. The first-order valence-corrected chi connectivity index (χ1v) is 7.28. The third-order valence-corrected chi connectivity index (χ3v) is 3.66. The Labute approximate surface area is 126 Å². The summed E-state index contributed by atoms with van der Waals surface area (Å²) in [7, 11) is 1.34. The average molecular weight is 291 g/mol. The normalized spacial score (nSPS) is 13.4. The first-order valence-electron chi connectivity index (χ1n) is 7.28. The van der Waals surface area contributed by atoms with Crippen molar-refractivity contribution < 1.29 is 14.3 Å². The second-order valence-corrected chi connectivity index (χ2v) is 5.73. The van der Waals surface area contributed by atoms with Gasteiger partial charge in [0.1, 0.15) is 5.54 Å². The van der Waals surface area contributed by atoms with Crippen LogP contribution < -0.4 is 5.32 Å². The number of rotatable bonds is 6. The van der Waals surface area contributed by atoms with E-state index in [1.165, 1.54) is 7.11 Å². The Balaban J connectivity index is 2.83. The lowest BCUT2D eigenvalue weighted by Gasteiger charge is -2.27. The van der Waals surface area contributed by atoms with Gasteiger partial charge in [0, 0.05) is 0 Å². The molecule has 0 saturated carbocycles. The molecule has 4 nitrogen and oxygen atoms in total. The fourth-order valence-corrected chi connectivity index (χ4v) is 2.46. The molecule has 1 N–H and O–H groups in total. The monoisotopic (exact) mass is 291 g/mol. The molecule has 1 unspecified atom stereocenters. The highest BCUT2D eigenvalue weighted by atomic mass is 16.5. The van der Waals surface area contributed by atoms with Crippen molar-refractivity contribution >= 4 is 11.9 Å². The maximum absolute atomic E-state index is 12.3. The number of carbonyl (C=O) groups is 2. The number of amides is 1. The summed E-state index contributed by atoms with van der Waals surface area (Å²) in [6.45, 7) is 7.66. The molecule has 1 atom stereocenters. The summed E-state index contributed by atoms with van der Waals surface area (Å²) < 4.78 is 4.81. The molecule has 0 saturated heterocycles. The van der Waals surface area contributed by atoms with Gasteiger partial charge >= 0.3 is 5.97 Å². The zero-order chi connectivity index (χ0) is 16.0. The molecule has 1 aromatic rings. The number of ether oxygens (including phenoxy) is 1. The van der Waals surface area contributed by atoms with Gasteiger partial charge in [0.2, 0.25) is 5.91 Å². The van der Waals surface area contributed by atoms with Crippen molar-refractivity contribution in [2.45, 2.75) is 52.5 Å². The van der Waals surface area contributed by atoms with Crippen LogP contribution in [0.25, 0.3) is 0 Å². The van der Waals surface area contributed by atoms with Gasteiger partial charge in [0.25, 0.3) is 0 Å². The van der Waals surface area contributed by atoms with Crippen LogP contribution in [-0.2, 0) is 20.7 Å². The zero-order valence-corrected chi connectivity index (χ0v) is 13.6. The van der Waals surface area contributed by atoms with Gasteiger partial charge < -0.3 is 10.1 Å². The largest absolute Gasteiger partial charge is 0.467 e. The Morgan fingerprint density at radius 1 is 1.29 bits per heavy atom. The zero-order valence-electron chi connectivity index (χ0n) is 13.6. The second kappa shape index (κ2) is 7.25. The lowest BCUT2D eigenvalue weighted by molar-refractivity contribution is -0.150. The Morgan fingerprint density at radius 2 is 1.95 bits per heavy atom. The quantitative estimate of drug-likeness (QED) is 0.820. The molecule has 0 bridgehead atoms. The van der Waals surface area contributed by atoms with Crippen molar-refractivity contribution in [3.63, 3.8) is 0 Å². The lowest BCUT2D eigenvalue weighted by Crippen LogP contribution is -2.53. The van der Waals surface area contributed by atoms with E-state index >= 15 is 0 Å². The van der Waals surface area contributed by atoms with Gasteiger partial charge in [0.05, 0.1) is 13.5 Å². The number of carbonyl (C=O) groups excluding carboxylic acids is 2. The van der Waals surface area contributed by atoms with Gasteiger partial charge in [-0.1, -0.05) is 37.1 Å². The first kappa shape index (κ1) is 17.2. The maximum Gasteiger partial charge on any atom is 0.331 e. The number of hydrogen-bond acceptors (Lipinski definition) is 3. The highest BCUT2D eigenvalue weighted by Gasteiger charge is 2.34. The van der Waals surface area contributed by atoms with Gasteiger partial charge in [-0.05, 0) is 38.3 Å². The predicted molar refractivity (Wildman–Crippen MR) is 83.1 cm³/mol. The summed E-state index contributed by atoms with van der Waals surface area (Å²) in [4.78, 5) is 24.2. The van der Waals surface area contributed by atoms with Gasteiger partial charge in [-0.15, -0.1) is 0 Å². The van der Waals surface area contributed by atoms with E-state index in [2.05, 4.69) is 5.32 Å². The van der Waals surface area contributed by atoms with Crippen LogP contribution in [0.1, 0.15) is 43.4 Å². The van der Waals surface area contributed by atoms with E-state index in [1.807, 2.05) is 39.0 Å². The number of benzene rings is 1. The van der Waals surface area contributed by atoms with Crippen LogP contribution in [0.2, 0.25) is 0 Å². The smallest absolute Gasteiger partial charge is 0.331 e. The Hall–Kier alpha value is -1.84. The van der Waals surface area contributed by atoms with E-state index in [9.17, 15) is 9.59 Å². The summed E-state index contributed by atoms with van der Waals surface area (Å²) in [6, 6.07) is 6.03. The third-order valence-electron chi connectivity index (χ3n) is 3.66. The van der Waals surface area contributed by atoms with Gasteiger partial charge in [-0.2, -0.15) is 0 Å². The second-order valence-electron chi connectivity index (χ2n) is 5.73. The molecule has 0 aliphatic rings. The lowest BCUT2D eigenvalue weighted by atomic mass is 9.95. The van der Waals surface area contributed by atoms with Crippen molar-refractivity contribution in [3.05, 3.63) is 34.9 Å². The molecule has 116 valence electrons. The Morgan fingerprint density at radius 3 is 2.52 bits per heavy atom. The van der Waals surface area contributed by atoms with Crippen molar-refractivity contribution in [1.29, 1.82) is 0 Å². The van der Waals surface area contributed by atoms with Gasteiger partial charge in [-0.25, -0.2) is 4.79 Å². The minimum atomic E-state index is -0.960. The Bertz CT molecular complexity index is 525. The molecule has 1 aromatic carbocycles. The number of methoxy groups -OCH3 is 1. The van der Waals surface area contributed by atoms with E-state index in [4.69, 9.17) is 4.74 Å². The van der Waals surface area contributed by atoms with E-state index in [-0.39, 0.29) is 12.3 Å². The van der Waals surface area contributed by atoms with Crippen molar-refractivity contribution in [3.8, 4) is 0 Å². The SMILES string of the molecule is CCCC(C)(NC(=O)Cc1cc(C)ccc1C)C(=O)OC. The molecule has 0 aliphatic carbocycles. The fourth-order valence-electron chi connectivity index (χ4n) is 2.46. The minimum Gasteiger partial charge on any atom is -0.467 e. The molecule has 0 aromatic heterocycles. The Kier molecular flexibility index (Phi) is 5.94. The van der Waals surface area contributed by atoms with Crippen LogP contribution in [0.15, 0.2) is 18.2 Å². The molecule has 1 rings (SSSR count). The van der Waals surface area contributed by atoms with E-state index < -0.39 is 11.5 Å². The van der Waals surface area contributed by atoms with Crippen LogP contribution in [-0.4, -0.2) is 24.5 Å². The first-order chi connectivity index (χ1) is 9.82. The maximum atomic E-state index is 12.3. The minimum absolute atomic E-state index is 0.162. The van der Waals surface area contributed by atoms with E-state index in [1.54, 1.807) is 6.92 Å². The van der Waals surface area contributed by atoms with Crippen LogP contribution >= 0.6 is 0 Å². The number of esters is 1. The highest BCUT2D eigenvalue weighted by Crippen LogP contribution is 2.16. The molecule has 21 heavy (non-hydrogen) atoms. The molecule has 0 aliphatic heterocycles. The molecule has 0 radical (unpaired) electrons. The van der Waals surface area contributed by atoms with Crippen molar-refractivity contribution in [2.24, 2.45) is 0 Å². The standard InChI is InChI=1S/C17H25NO3/c1-6-9-17(4,16(20)21-5)18-15(19)11-14-10-12(2)7-8-13(14)3/h7-8,10H,6,9,11H2,1-5H3,(H,18,19). The van der Waals surface area contributed by atoms with Crippen LogP contribution in [0.5, 0.6) is 0 Å². The number of nitrogens with one attached hydrogen (secondary N) is 1. The average Bonchev–Trinajstić information content (AvgIpc) is 2.42. The predicted octanol–water partition coefficient (Wildman–Crippen LogP) is 2.69. The summed E-state index contributed by atoms with van der Waals surface area (Å²) in [5.74, 6) is -0.566. The third kappa shape index (κ3) is 4.59. The molecule has 1 amide bonds. The summed E-state index contributed by atoms with van der Waals surface area (Å²) in [5, 5.41) is 2.83. The molecule has 4 heteroatoms. The van der Waals surface area contributed by atoms with E-state index in [0.717, 1.165) is 23.1 Å². The molecular weight excluding hydrogens is 266 g/mol. The molecule has 0 heterocycles. The van der Waals surface area contributed by atoms with Gasteiger partial charge in [0.15, 0.2) is 0 Å². The van der Waals surface area contributed by atoms with Crippen LogP contribution in [0, 0.1) is 13.8 Å². The van der Waals surface area contributed by atoms with Crippen molar-refractivity contribution in [1.82, 2.24) is 5.32 Å².